The molecule has 0 aromatic heterocycles. The zero-order valence-electron chi connectivity index (χ0n) is 14.3. The van der Waals surface area contributed by atoms with E-state index in [2.05, 4.69) is 5.32 Å². The van der Waals surface area contributed by atoms with E-state index in [1.807, 2.05) is 0 Å². The number of hydrogen-bond donors (Lipinski definition) is 1. The molecule has 1 aromatic carbocycles. The fourth-order valence-corrected chi connectivity index (χ4v) is 3.78. The van der Waals surface area contributed by atoms with E-state index in [0.717, 1.165) is 30.6 Å². The lowest BCUT2D eigenvalue weighted by molar-refractivity contribution is -0.130. The number of amides is 4. The zero-order chi connectivity index (χ0) is 18.0. The van der Waals surface area contributed by atoms with Gasteiger partial charge in [-0.3, -0.25) is 14.5 Å². The first kappa shape index (κ1) is 17.4. The Morgan fingerprint density at radius 3 is 2.52 bits per heavy atom. The highest BCUT2D eigenvalue weighted by Gasteiger charge is 2.39. The number of carbonyl (C=O) groups excluding carboxylic acids is 3. The molecule has 1 saturated heterocycles. The van der Waals surface area contributed by atoms with Gasteiger partial charge in [0, 0.05) is 19.0 Å². The van der Waals surface area contributed by atoms with Crippen molar-refractivity contribution in [1.82, 2.24) is 15.1 Å². The SMILES string of the molecule is CN1CC(=O)N(CC(=O)NCC2(c3ccccc3F)CCCC2)C1=O. The number of benzene rings is 1. The van der Waals surface area contributed by atoms with Gasteiger partial charge in [0.2, 0.25) is 5.91 Å². The second kappa shape index (κ2) is 6.82. The number of halogens is 1. The molecule has 1 heterocycles. The topological polar surface area (TPSA) is 69.7 Å². The van der Waals surface area contributed by atoms with Gasteiger partial charge < -0.3 is 10.2 Å². The molecule has 134 valence electrons. The average molecular weight is 347 g/mol. The van der Waals surface area contributed by atoms with Crippen molar-refractivity contribution in [3.8, 4) is 0 Å². The van der Waals surface area contributed by atoms with Gasteiger partial charge in [0.05, 0.1) is 0 Å². The Balaban J connectivity index is 1.66. The first-order chi connectivity index (χ1) is 11.9. The van der Waals surface area contributed by atoms with Crippen molar-refractivity contribution in [2.45, 2.75) is 31.1 Å². The van der Waals surface area contributed by atoms with Gasteiger partial charge in [-0.1, -0.05) is 31.0 Å². The van der Waals surface area contributed by atoms with Gasteiger partial charge in [-0.05, 0) is 24.5 Å². The standard InChI is InChI=1S/C18H22FN3O3/c1-21-11-16(24)22(17(21)25)10-15(23)20-12-18(8-4-5-9-18)13-6-2-3-7-14(13)19/h2-3,6-7H,4-5,8-12H2,1H3,(H,20,23). The van der Waals surface area contributed by atoms with Crippen molar-refractivity contribution >= 4 is 17.8 Å². The maximum absolute atomic E-state index is 14.3. The molecular formula is C18H22FN3O3. The smallest absolute Gasteiger partial charge is 0.327 e. The van der Waals surface area contributed by atoms with Gasteiger partial charge in [-0.15, -0.1) is 0 Å². The number of hydrogen-bond acceptors (Lipinski definition) is 3. The molecule has 2 fully saturated rings. The number of carbonyl (C=O) groups is 3. The molecule has 0 radical (unpaired) electrons. The fourth-order valence-electron chi connectivity index (χ4n) is 3.78. The molecule has 4 amide bonds. The largest absolute Gasteiger partial charge is 0.354 e. The molecule has 1 saturated carbocycles. The van der Waals surface area contributed by atoms with Crippen LogP contribution in [0.25, 0.3) is 0 Å². The van der Waals surface area contributed by atoms with Crippen LogP contribution in [0.1, 0.15) is 31.2 Å². The minimum absolute atomic E-state index is 0.00865. The van der Waals surface area contributed by atoms with E-state index < -0.39 is 17.4 Å². The van der Waals surface area contributed by atoms with Gasteiger partial charge in [-0.2, -0.15) is 0 Å². The summed E-state index contributed by atoms with van der Waals surface area (Å²) in [5.41, 5.74) is 0.206. The molecule has 25 heavy (non-hydrogen) atoms. The van der Waals surface area contributed by atoms with E-state index in [1.165, 1.54) is 18.0 Å². The first-order valence-electron chi connectivity index (χ1n) is 8.50. The Kier molecular flexibility index (Phi) is 4.74. The van der Waals surface area contributed by atoms with Crippen LogP contribution in [0.5, 0.6) is 0 Å². The summed E-state index contributed by atoms with van der Waals surface area (Å²) in [5, 5.41) is 2.80. The van der Waals surface area contributed by atoms with Crippen LogP contribution in [0.3, 0.4) is 0 Å². The highest BCUT2D eigenvalue weighted by molar-refractivity contribution is 6.04. The number of nitrogens with one attached hydrogen (secondary N) is 1. The maximum atomic E-state index is 14.3. The van der Waals surface area contributed by atoms with E-state index in [1.54, 1.807) is 18.2 Å². The molecule has 6 nitrogen and oxygen atoms in total. The van der Waals surface area contributed by atoms with Crippen molar-refractivity contribution in [2.24, 2.45) is 0 Å². The third-order valence-electron chi connectivity index (χ3n) is 5.16. The summed E-state index contributed by atoms with van der Waals surface area (Å²) in [6, 6.07) is 6.20. The molecule has 1 aliphatic carbocycles. The van der Waals surface area contributed by atoms with Crippen LogP contribution in [0.4, 0.5) is 9.18 Å². The summed E-state index contributed by atoms with van der Waals surface area (Å²) in [6.07, 6.45) is 3.58. The highest BCUT2D eigenvalue weighted by atomic mass is 19.1. The summed E-state index contributed by atoms with van der Waals surface area (Å²) in [5.74, 6) is -1.04. The molecule has 1 N–H and O–H groups in total. The van der Waals surface area contributed by atoms with Crippen LogP contribution in [0.15, 0.2) is 24.3 Å². The number of nitrogens with zero attached hydrogens (tertiary/aromatic N) is 2. The Labute approximate surface area is 146 Å². The molecule has 0 spiro atoms. The van der Waals surface area contributed by atoms with Crippen molar-refractivity contribution in [3.63, 3.8) is 0 Å². The third-order valence-corrected chi connectivity index (χ3v) is 5.16. The van der Waals surface area contributed by atoms with Crippen molar-refractivity contribution in [2.75, 3.05) is 26.7 Å². The van der Waals surface area contributed by atoms with Crippen LogP contribution >= 0.6 is 0 Å². The van der Waals surface area contributed by atoms with Gasteiger partial charge in [-0.25, -0.2) is 9.18 Å². The molecule has 1 aromatic rings. The summed E-state index contributed by atoms with van der Waals surface area (Å²) >= 11 is 0. The Hall–Kier alpha value is -2.44. The second-order valence-electron chi connectivity index (χ2n) is 6.86. The van der Waals surface area contributed by atoms with Crippen LogP contribution < -0.4 is 5.32 Å². The predicted molar refractivity (Wildman–Crippen MR) is 89.3 cm³/mol. The van der Waals surface area contributed by atoms with Crippen molar-refractivity contribution < 1.29 is 18.8 Å². The second-order valence-corrected chi connectivity index (χ2v) is 6.86. The highest BCUT2D eigenvalue weighted by Crippen LogP contribution is 2.41. The molecule has 1 aliphatic heterocycles. The zero-order valence-corrected chi connectivity index (χ0v) is 14.3. The summed E-state index contributed by atoms with van der Waals surface area (Å²) < 4.78 is 14.3. The fraction of sp³-hybridized carbons (Fsp3) is 0.500. The first-order valence-corrected chi connectivity index (χ1v) is 8.50. The minimum Gasteiger partial charge on any atom is -0.354 e. The van der Waals surface area contributed by atoms with Crippen molar-refractivity contribution in [1.29, 1.82) is 0 Å². The predicted octanol–water partition coefficient (Wildman–Crippen LogP) is 1.65. The Morgan fingerprint density at radius 2 is 1.92 bits per heavy atom. The molecule has 0 unspecified atom stereocenters. The van der Waals surface area contributed by atoms with Crippen molar-refractivity contribution in [3.05, 3.63) is 35.6 Å². The maximum Gasteiger partial charge on any atom is 0.327 e. The van der Waals surface area contributed by atoms with E-state index in [4.69, 9.17) is 0 Å². The van der Waals surface area contributed by atoms with Gasteiger partial charge in [0.25, 0.3) is 5.91 Å². The normalized spacial score (nSPS) is 19.6. The third kappa shape index (κ3) is 3.36. The van der Waals surface area contributed by atoms with Crippen LogP contribution in [-0.2, 0) is 15.0 Å². The van der Waals surface area contributed by atoms with Crippen LogP contribution in [0, 0.1) is 5.82 Å². The summed E-state index contributed by atoms with van der Waals surface area (Å²) in [6.45, 7) is -0.000533. The lowest BCUT2D eigenvalue weighted by Crippen LogP contribution is -2.45. The Bertz CT molecular complexity index is 701. The van der Waals surface area contributed by atoms with Crippen LogP contribution in [-0.4, -0.2) is 54.3 Å². The van der Waals surface area contributed by atoms with Gasteiger partial charge in [0.15, 0.2) is 0 Å². The molecule has 0 atom stereocenters. The van der Waals surface area contributed by atoms with E-state index >= 15 is 0 Å². The van der Waals surface area contributed by atoms with Gasteiger partial charge >= 0.3 is 6.03 Å². The van der Waals surface area contributed by atoms with E-state index in [0.29, 0.717) is 12.1 Å². The lowest BCUT2D eigenvalue weighted by Gasteiger charge is -2.30. The monoisotopic (exact) mass is 347 g/mol. The van der Waals surface area contributed by atoms with E-state index in [9.17, 15) is 18.8 Å². The van der Waals surface area contributed by atoms with E-state index in [-0.39, 0.29) is 24.8 Å². The summed E-state index contributed by atoms with van der Waals surface area (Å²) in [4.78, 5) is 38.1. The van der Waals surface area contributed by atoms with Crippen LogP contribution in [0.2, 0.25) is 0 Å². The molecule has 3 rings (SSSR count). The molecule has 7 heteroatoms. The average Bonchev–Trinajstić information content (AvgIpc) is 3.15. The minimum atomic E-state index is -0.468. The quantitative estimate of drug-likeness (QED) is 0.824. The number of rotatable bonds is 5. The number of imide groups is 1. The number of likely N-dealkylation sites (N-methyl/N-ethyl adjacent to an activating group) is 1. The molecule has 2 aliphatic rings. The molecular weight excluding hydrogens is 325 g/mol. The Morgan fingerprint density at radius 1 is 1.24 bits per heavy atom. The number of urea groups is 1. The molecule has 0 bridgehead atoms. The lowest BCUT2D eigenvalue weighted by atomic mass is 9.78. The van der Waals surface area contributed by atoms with Gasteiger partial charge in [0.1, 0.15) is 18.9 Å². The summed E-state index contributed by atoms with van der Waals surface area (Å²) in [7, 11) is 1.52.